The Morgan fingerprint density at radius 1 is 1.25 bits per heavy atom. The number of esters is 1. The molecule has 9 nitrogen and oxygen atoms in total. The van der Waals surface area contributed by atoms with Crippen LogP contribution in [0.1, 0.15) is 65.0 Å². The number of benzene rings is 1. The zero-order valence-electron chi connectivity index (χ0n) is 25.0. The number of anilines is 1. The van der Waals surface area contributed by atoms with Crippen molar-refractivity contribution in [2.75, 3.05) is 45.2 Å². The maximum Gasteiger partial charge on any atom is 0.303 e. The summed E-state index contributed by atoms with van der Waals surface area (Å²) < 4.78 is 12.0. The van der Waals surface area contributed by atoms with Gasteiger partial charge in [-0.1, -0.05) is 39.8 Å². The molecule has 1 spiro atoms. The van der Waals surface area contributed by atoms with Gasteiger partial charge >= 0.3 is 5.97 Å². The van der Waals surface area contributed by atoms with E-state index >= 15 is 0 Å². The molecule has 0 bridgehead atoms. The Kier molecular flexibility index (Phi) is 7.03. The molecule has 220 valence electrons. The average molecular weight is 555 g/mol. The summed E-state index contributed by atoms with van der Waals surface area (Å²) in [6.45, 7) is 12.3. The number of fused-ring (bicyclic) bond motifs is 1. The predicted molar refractivity (Wildman–Crippen MR) is 155 cm³/mol. The highest BCUT2D eigenvalue weighted by molar-refractivity contribution is 5.91. The van der Waals surface area contributed by atoms with Gasteiger partial charge in [-0.25, -0.2) is 0 Å². The number of hydrogen-bond donors (Lipinski definition) is 3. The van der Waals surface area contributed by atoms with Crippen molar-refractivity contribution < 1.29 is 24.2 Å². The molecule has 0 radical (unpaired) electrons. The lowest BCUT2D eigenvalue weighted by atomic mass is 9.47. The van der Waals surface area contributed by atoms with Crippen LogP contribution < -0.4 is 20.7 Å². The predicted octanol–water partition coefficient (Wildman–Crippen LogP) is 2.23. The molecule has 1 aliphatic carbocycles. The number of rotatable bonds is 7. The number of nitrogens with one attached hydrogen (secondary N) is 1. The van der Waals surface area contributed by atoms with Gasteiger partial charge in [0.25, 0.3) is 5.91 Å². The van der Waals surface area contributed by atoms with E-state index in [1.807, 2.05) is 11.9 Å². The third-order valence-electron chi connectivity index (χ3n) is 10.1. The summed E-state index contributed by atoms with van der Waals surface area (Å²) in [4.78, 5) is 31.5. The van der Waals surface area contributed by atoms with Crippen molar-refractivity contribution in [3.05, 3.63) is 35.4 Å². The van der Waals surface area contributed by atoms with E-state index in [4.69, 9.17) is 15.2 Å². The van der Waals surface area contributed by atoms with Crippen LogP contribution >= 0.6 is 0 Å². The highest BCUT2D eigenvalue weighted by atomic mass is 16.6. The molecule has 40 heavy (non-hydrogen) atoms. The van der Waals surface area contributed by atoms with Crippen molar-refractivity contribution >= 4 is 17.6 Å². The summed E-state index contributed by atoms with van der Waals surface area (Å²) in [6.07, 6.45) is 5.09. The Hall–Kier alpha value is -2.62. The first-order valence-electron chi connectivity index (χ1n) is 14.6. The largest absolute Gasteiger partial charge is 0.496 e. The van der Waals surface area contributed by atoms with Gasteiger partial charge in [-0.2, -0.15) is 0 Å². The van der Waals surface area contributed by atoms with Crippen molar-refractivity contribution in [1.82, 2.24) is 10.2 Å². The minimum atomic E-state index is -2.03. The minimum Gasteiger partial charge on any atom is -0.496 e. The molecule has 2 fully saturated rings. The van der Waals surface area contributed by atoms with Gasteiger partial charge in [0, 0.05) is 55.7 Å². The SMILES string of the molecule is CCC12C=CCN3CCC4(c5cc(C(C)(C)C)c(OC)cc5N(C)C4C(O)(C(=O)NCCCN)C1OC(C)=O)C32. The number of nitrogens with two attached hydrogens (primary N) is 1. The lowest BCUT2D eigenvalue weighted by Crippen LogP contribution is -2.82. The molecule has 1 amide bonds. The van der Waals surface area contributed by atoms with Gasteiger partial charge < -0.3 is 30.5 Å². The minimum absolute atomic E-state index is 0.0774. The standard InChI is InChI=1S/C31H46N4O5/c1-8-29-11-9-15-35-16-12-30(24(29)35)20-17-21(28(3,4)5)23(39-7)18-22(20)34(6)25(30)31(38,26(29)40-19(2)36)27(37)33-14-10-13-32/h9,11,17-18,24-26,38H,8,10,12-16,32H2,1-7H3,(H,33,37). The van der Waals surface area contributed by atoms with Gasteiger partial charge in [-0.3, -0.25) is 14.5 Å². The van der Waals surface area contributed by atoms with Crippen molar-refractivity contribution in [1.29, 1.82) is 0 Å². The number of nitrogens with zero attached hydrogens (tertiary/aromatic N) is 2. The maximum absolute atomic E-state index is 14.3. The van der Waals surface area contributed by atoms with E-state index in [-0.39, 0.29) is 11.5 Å². The first-order valence-corrected chi connectivity index (χ1v) is 14.6. The number of likely N-dealkylation sites (N-methyl/N-ethyl adjacent to an activating group) is 1. The van der Waals surface area contributed by atoms with Crippen LogP contribution in [0.25, 0.3) is 0 Å². The molecular formula is C31H46N4O5. The van der Waals surface area contributed by atoms with E-state index in [1.54, 1.807) is 7.11 Å². The molecule has 1 aromatic rings. The van der Waals surface area contributed by atoms with Gasteiger partial charge in [-0.05, 0) is 55.0 Å². The molecule has 9 heteroatoms. The third kappa shape index (κ3) is 3.70. The second-order valence-corrected chi connectivity index (χ2v) is 13.1. The van der Waals surface area contributed by atoms with Crippen molar-refractivity contribution in [2.24, 2.45) is 11.1 Å². The molecular weight excluding hydrogens is 508 g/mol. The summed E-state index contributed by atoms with van der Waals surface area (Å²) >= 11 is 0. The molecule has 3 heterocycles. The Balaban J connectivity index is 1.84. The fraction of sp³-hybridized carbons (Fsp3) is 0.677. The summed E-state index contributed by atoms with van der Waals surface area (Å²) in [5, 5.41) is 16.0. The van der Waals surface area contributed by atoms with Crippen LogP contribution in [0.5, 0.6) is 5.75 Å². The second kappa shape index (κ2) is 9.74. The van der Waals surface area contributed by atoms with Crippen LogP contribution in [-0.2, 0) is 25.2 Å². The third-order valence-corrected chi connectivity index (χ3v) is 10.1. The van der Waals surface area contributed by atoms with E-state index in [0.29, 0.717) is 25.9 Å². The fourth-order valence-electron chi connectivity index (χ4n) is 8.65. The zero-order valence-corrected chi connectivity index (χ0v) is 25.0. The van der Waals surface area contributed by atoms with E-state index in [1.165, 1.54) is 6.92 Å². The Bertz CT molecular complexity index is 1230. The molecule has 3 aliphatic heterocycles. The number of carbonyl (C=O) groups is 2. The van der Waals surface area contributed by atoms with Crippen molar-refractivity contribution in [3.8, 4) is 5.75 Å². The lowest BCUT2D eigenvalue weighted by molar-refractivity contribution is -0.218. The maximum atomic E-state index is 14.3. The van der Waals surface area contributed by atoms with Crippen LogP contribution in [0, 0.1) is 5.41 Å². The van der Waals surface area contributed by atoms with Gasteiger partial charge in [0.1, 0.15) is 5.75 Å². The topological polar surface area (TPSA) is 117 Å². The number of methoxy groups -OCH3 is 1. The summed E-state index contributed by atoms with van der Waals surface area (Å²) in [6, 6.07) is 3.57. The molecule has 4 N–H and O–H groups in total. The van der Waals surface area contributed by atoms with Crippen LogP contribution in [0.3, 0.4) is 0 Å². The van der Waals surface area contributed by atoms with Gasteiger partial charge in [0.05, 0.1) is 13.2 Å². The first kappa shape index (κ1) is 28.9. The molecule has 4 aliphatic rings. The molecule has 6 unspecified atom stereocenters. The Morgan fingerprint density at radius 2 is 1.98 bits per heavy atom. The van der Waals surface area contributed by atoms with Crippen molar-refractivity contribution in [2.45, 2.75) is 88.5 Å². The smallest absolute Gasteiger partial charge is 0.303 e. The number of amides is 1. The summed E-state index contributed by atoms with van der Waals surface area (Å²) in [7, 11) is 3.62. The van der Waals surface area contributed by atoms with Gasteiger partial charge in [0.2, 0.25) is 5.60 Å². The highest BCUT2D eigenvalue weighted by Gasteiger charge is 2.79. The van der Waals surface area contributed by atoms with E-state index < -0.39 is 40.5 Å². The Labute approximate surface area is 238 Å². The van der Waals surface area contributed by atoms with E-state index in [9.17, 15) is 14.7 Å². The molecule has 1 aromatic carbocycles. The first-order chi connectivity index (χ1) is 18.8. The Morgan fingerprint density at radius 3 is 2.58 bits per heavy atom. The van der Waals surface area contributed by atoms with Gasteiger partial charge in [-0.15, -0.1) is 0 Å². The van der Waals surface area contributed by atoms with E-state index in [2.05, 4.69) is 62.2 Å². The summed E-state index contributed by atoms with van der Waals surface area (Å²) in [5.74, 6) is -0.263. The van der Waals surface area contributed by atoms with E-state index in [0.717, 1.165) is 42.1 Å². The van der Waals surface area contributed by atoms with Gasteiger partial charge in [0.15, 0.2) is 6.10 Å². The zero-order chi connectivity index (χ0) is 29.3. The number of aliphatic hydroxyl groups is 1. The number of carbonyl (C=O) groups excluding carboxylic acids is 2. The summed E-state index contributed by atoms with van der Waals surface area (Å²) in [5.41, 5.74) is 5.28. The highest BCUT2D eigenvalue weighted by Crippen LogP contribution is 2.67. The molecule has 6 atom stereocenters. The van der Waals surface area contributed by atoms with Crippen LogP contribution in [-0.4, -0.2) is 86.0 Å². The van der Waals surface area contributed by atoms with Crippen LogP contribution in [0.4, 0.5) is 5.69 Å². The second-order valence-electron chi connectivity index (χ2n) is 13.1. The monoisotopic (exact) mass is 554 g/mol. The molecule has 1 saturated carbocycles. The average Bonchev–Trinajstić information content (AvgIpc) is 3.41. The van der Waals surface area contributed by atoms with Crippen LogP contribution in [0.2, 0.25) is 0 Å². The fourth-order valence-corrected chi connectivity index (χ4v) is 8.65. The quantitative estimate of drug-likeness (QED) is 0.267. The van der Waals surface area contributed by atoms with Crippen molar-refractivity contribution in [3.63, 3.8) is 0 Å². The lowest BCUT2D eigenvalue weighted by Gasteiger charge is -2.63. The molecule has 5 rings (SSSR count). The van der Waals surface area contributed by atoms with Crippen LogP contribution in [0.15, 0.2) is 24.3 Å². The molecule has 1 saturated heterocycles. The molecule has 0 aromatic heterocycles. The number of hydrogen-bond acceptors (Lipinski definition) is 8. The number of ether oxygens (including phenoxy) is 2. The normalized spacial score (nSPS) is 34.2.